The van der Waals surface area contributed by atoms with E-state index in [0.717, 1.165) is 20.8 Å². The Kier molecular flexibility index (Phi) is 2.53. The molecule has 4 nitrogen and oxygen atoms in total. The summed E-state index contributed by atoms with van der Waals surface area (Å²) in [5.74, 6) is -0.423. The van der Waals surface area contributed by atoms with Crippen LogP contribution in [0.4, 0.5) is 0 Å². The van der Waals surface area contributed by atoms with Crippen molar-refractivity contribution in [3.8, 4) is 10.6 Å². The number of carbonyl (C=O) groups excluding carboxylic acids is 1. The molecule has 0 fully saturated rings. The molecule has 3 aromatic rings. The Bertz CT molecular complexity index is 721. The van der Waals surface area contributed by atoms with Crippen LogP contribution in [0.2, 0.25) is 0 Å². The number of nitrogens with two attached hydrogens (primary N) is 1. The molecule has 0 bridgehead atoms. The fourth-order valence-corrected chi connectivity index (χ4v) is 2.69. The molecule has 0 spiro atoms. The number of carbonyl (C=O) groups is 1. The van der Waals surface area contributed by atoms with Crippen LogP contribution in [0.5, 0.6) is 0 Å². The molecule has 0 atom stereocenters. The van der Waals surface area contributed by atoms with Crippen LogP contribution in [0, 0.1) is 0 Å². The van der Waals surface area contributed by atoms with Crippen LogP contribution in [0.15, 0.2) is 42.7 Å². The van der Waals surface area contributed by atoms with Crippen molar-refractivity contribution in [1.82, 2.24) is 9.97 Å². The highest BCUT2D eigenvalue weighted by Gasteiger charge is 2.08. The third-order valence-electron chi connectivity index (χ3n) is 2.58. The number of primary amides is 1. The first-order valence-electron chi connectivity index (χ1n) is 5.35. The van der Waals surface area contributed by atoms with Crippen molar-refractivity contribution in [2.24, 2.45) is 5.73 Å². The van der Waals surface area contributed by atoms with E-state index in [1.54, 1.807) is 24.5 Å². The second kappa shape index (κ2) is 4.19. The average Bonchev–Trinajstić information content (AvgIpc) is 2.82. The van der Waals surface area contributed by atoms with Gasteiger partial charge in [-0.2, -0.15) is 0 Å². The highest BCUT2D eigenvalue weighted by Crippen LogP contribution is 2.30. The zero-order valence-corrected chi connectivity index (χ0v) is 10.1. The number of amides is 1. The third-order valence-corrected chi connectivity index (χ3v) is 3.65. The summed E-state index contributed by atoms with van der Waals surface area (Å²) in [7, 11) is 0. The molecule has 2 aromatic heterocycles. The lowest BCUT2D eigenvalue weighted by Gasteiger charge is -1.92. The Hall–Kier alpha value is -2.27. The number of aromatic nitrogens is 2. The molecule has 0 aliphatic rings. The standard InChI is InChI=1S/C13H9N3OS/c14-12(17)8-3-4-10-11(6-8)18-13(16-10)9-2-1-5-15-7-9/h1-7H,(H2,14,17). The van der Waals surface area contributed by atoms with Gasteiger partial charge < -0.3 is 5.73 Å². The molecule has 0 aliphatic heterocycles. The van der Waals surface area contributed by atoms with Crippen LogP contribution in [0.3, 0.4) is 0 Å². The van der Waals surface area contributed by atoms with E-state index in [4.69, 9.17) is 5.73 Å². The van der Waals surface area contributed by atoms with E-state index in [-0.39, 0.29) is 0 Å². The highest BCUT2D eigenvalue weighted by molar-refractivity contribution is 7.21. The van der Waals surface area contributed by atoms with Gasteiger partial charge in [0, 0.05) is 23.5 Å². The normalized spacial score (nSPS) is 10.7. The van der Waals surface area contributed by atoms with Gasteiger partial charge in [-0.3, -0.25) is 9.78 Å². The van der Waals surface area contributed by atoms with E-state index in [9.17, 15) is 4.79 Å². The number of thiazole rings is 1. The molecule has 1 amide bonds. The Balaban J connectivity index is 2.14. The first kappa shape index (κ1) is 10.9. The quantitative estimate of drug-likeness (QED) is 0.764. The molecule has 0 saturated carbocycles. The minimum absolute atomic E-state index is 0.423. The molecule has 88 valence electrons. The van der Waals surface area contributed by atoms with Crippen molar-refractivity contribution in [3.63, 3.8) is 0 Å². The number of hydrogen-bond donors (Lipinski definition) is 1. The summed E-state index contributed by atoms with van der Waals surface area (Å²) in [5, 5.41) is 0.889. The van der Waals surface area contributed by atoms with Crippen LogP contribution in [-0.4, -0.2) is 15.9 Å². The molecule has 2 N–H and O–H groups in total. The predicted molar refractivity (Wildman–Crippen MR) is 71.4 cm³/mol. The number of benzene rings is 1. The molecule has 3 rings (SSSR count). The highest BCUT2D eigenvalue weighted by atomic mass is 32.1. The van der Waals surface area contributed by atoms with Gasteiger partial charge in [-0.15, -0.1) is 11.3 Å². The average molecular weight is 255 g/mol. The SMILES string of the molecule is NC(=O)c1ccc2nc(-c3cccnc3)sc2c1. The van der Waals surface area contributed by atoms with Crippen LogP contribution in [-0.2, 0) is 0 Å². The first-order valence-corrected chi connectivity index (χ1v) is 6.16. The summed E-state index contributed by atoms with van der Waals surface area (Å²) >= 11 is 1.52. The number of pyridine rings is 1. The van der Waals surface area contributed by atoms with Crippen LogP contribution >= 0.6 is 11.3 Å². The molecule has 18 heavy (non-hydrogen) atoms. The van der Waals surface area contributed by atoms with Gasteiger partial charge in [-0.05, 0) is 30.3 Å². The zero-order chi connectivity index (χ0) is 12.5. The molecular formula is C13H9N3OS. The largest absolute Gasteiger partial charge is 0.366 e. The number of fused-ring (bicyclic) bond motifs is 1. The molecular weight excluding hydrogens is 246 g/mol. The van der Waals surface area contributed by atoms with Crippen LogP contribution < -0.4 is 5.73 Å². The lowest BCUT2D eigenvalue weighted by molar-refractivity contribution is 0.100. The maximum atomic E-state index is 11.1. The van der Waals surface area contributed by atoms with E-state index >= 15 is 0 Å². The van der Waals surface area contributed by atoms with Crippen molar-refractivity contribution in [3.05, 3.63) is 48.3 Å². The number of hydrogen-bond acceptors (Lipinski definition) is 4. The van der Waals surface area contributed by atoms with Gasteiger partial charge >= 0.3 is 0 Å². The van der Waals surface area contributed by atoms with Crippen LogP contribution in [0.25, 0.3) is 20.8 Å². The lowest BCUT2D eigenvalue weighted by Crippen LogP contribution is -2.10. The lowest BCUT2D eigenvalue weighted by atomic mass is 10.2. The monoisotopic (exact) mass is 255 g/mol. The van der Waals surface area contributed by atoms with Crippen molar-refractivity contribution in [1.29, 1.82) is 0 Å². The van der Waals surface area contributed by atoms with E-state index < -0.39 is 5.91 Å². The zero-order valence-electron chi connectivity index (χ0n) is 9.33. The molecule has 0 radical (unpaired) electrons. The summed E-state index contributed by atoms with van der Waals surface area (Å²) in [6, 6.07) is 9.11. The first-order chi connectivity index (χ1) is 8.74. The second-order valence-corrected chi connectivity index (χ2v) is 4.84. The summed E-state index contributed by atoms with van der Waals surface area (Å²) in [6.45, 7) is 0. The number of rotatable bonds is 2. The van der Waals surface area contributed by atoms with E-state index in [1.165, 1.54) is 11.3 Å². The van der Waals surface area contributed by atoms with Crippen molar-refractivity contribution < 1.29 is 4.79 Å². The van der Waals surface area contributed by atoms with E-state index in [1.807, 2.05) is 18.2 Å². The Labute approximate surface area is 107 Å². The maximum Gasteiger partial charge on any atom is 0.248 e. The number of nitrogens with zero attached hydrogens (tertiary/aromatic N) is 2. The maximum absolute atomic E-state index is 11.1. The minimum atomic E-state index is -0.423. The van der Waals surface area contributed by atoms with Gasteiger partial charge in [-0.1, -0.05) is 0 Å². The van der Waals surface area contributed by atoms with Crippen molar-refractivity contribution in [2.45, 2.75) is 0 Å². The Morgan fingerprint density at radius 3 is 2.89 bits per heavy atom. The van der Waals surface area contributed by atoms with Crippen LogP contribution in [0.1, 0.15) is 10.4 Å². The summed E-state index contributed by atoms with van der Waals surface area (Å²) < 4.78 is 0.949. The van der Waals surface area contributed by atoms with Crippen molar-refractivity contribution in [2.75, 3.05) is 0 Å². The molecule has 2 heterocycles. The smallest absolute Gasteiger partial charge is 0.248 e. The van der Waals surface area contributed by atoms with E-state index in [2.05, 4.69) is 9.97 Å². The van der Waals surface area contributed by atoms with Gasteiger partial charge in [-0.25, -0.2) is 4.98 Å². The van der Waals surface area contributed by atoms with Gasteiger partial charge in [0.1, 0.15) is 5.01 Å². The summed E-state index contributed by atoms with van der Waals surface area (Å²) in [6.07, 6.45) is 3.49. The topological polar surface area (TPSA) is 68.9 Å². The van der Waals surface area contributed by atoms with E-state index in [0.29, 0.717) is 5.56 Å². The molecule has 5 heteroatoms. The Morgan fingerprint density at radius 2 is 2.17 bits per heavy atom. The molecule has 0 unspecified atom stereocenters. The fraction of sp³-hybridized carbons (Fsp3) is 0. The van der Waals surface area contributed by atoms with Gasteiger partial charge in [0.2, 0.25) is 5.91 Å². The van der Waals surface area contributed by atoms with Gasteiger partial charge in [0.15, 0.2) is 0 Å². The fourth-order valence-electron chi connectivity index (χ4n) is 1.69. The summed E-state index contributed by atoms with van der Waals surface area (Å²) in [4.78, 5) is 19.7. The Morgan fingerprint density at radius 1 is 1.28 bits per heavy atom. The molecule has 1 aromatic carbocycles. The van der Waals surface area contributed by atoms with Gasteiger partial charge in [0.05, 0.1) is 10.2 Å². The third kappa shape index (κ3) is 1.84. The minimum Gasteiger partial charge on any atom is -0.366 e. The summed E-state index contributed by atoms with van der Waals surface area (Å²) in [5.41, 5.74) is 7.60. The second-order valence-electron chi connectivity index (χ2n) is 3.81. The predicted octanol–water partition coefficient (Wildman–Crippen LogP) is 2.46. The molecule has 0 aliphatic carbocycles. The molecule has 0 saturated heterocycles. The van der Waals surface area contributed by atoms with Crippen molar-refractivity contribution >= 4 is 27.5 Å². The van der Waals surface area contributed by atoms with Gasteiger partial charge in [0.25, 0.3) is 0 Å².